The minimum atomic E-state index is -0.346. The number of ether oxygens (including phenoxy) is 2. The van der Waals surface area contributed by atoms with Gasteiger partial charge in [-0.3, -0.25) is 9.59 Å². The van der Waals surface area contributed by atoms with Gasteiger partial charge in [-0.15, -0.1) is 0 Å². The molecule has 0 spiro atoms. The lowest BCUT2D eigenvalue weighted by atomic mass is 10.2. The molecule has 0 bridgehead atoms. The van der Waals surface area contributed by atoms with Gasteiger partial charge in [0.25, 0.3) is 0 Å². The minimum absolute atomic E-state index is 0.0325. The van der Waals surface area contributed by atoms with Crippen molar-refractivity contribution in [1.82, 2.24) is 4.90 Å². The van der Waals surface area contributed by atoms with Crippen molar-refractivity contribution >= 4 is 46.4 Å². The van der Waals surface area contributed by atoms with E-state index in [-0.39, 0.29) is 24.9 Å². The summed E-state index contributed by atoms with van der Waals surface area (Å²) in [6.07, 6.45) is 0. The van der Waals surface area contributed by atoms with Gasteiger partial charge in [0.15, 0.2) is 11.5 Å². The second kappa shape index (κ2) is 9.03. The number of halogens is 2. The van der Waals surface area contributed by atoms with Gasteiger partial charge in [-0.1, -0.05) is 35.3 Å². The number of nitrogens with zero attached hydrogens (tertiary/aromatic N) is 1. The number of hydrogen-bond donors (Lipinski definition) is 2. The van der Waals surface area contributed by atoms with Gasteiger partial charge >= 0.3 is 0 Å². The van der Waals surface area contributed by atoms with E-state index in [9.17, 15) is 9.59 Å². The summed E-state index contributed by atoms with van der Waals surface area (Å²) in [5.41, 5.74) is 1.05. The Bertz CT molecular complexity index is 891. The molecular weight excluding hydrogens is 405 g/mol. The summed E-state index contributed by atoms with van der Waals surface area (Å²) in [5, 5.41) is 6.48. The lowest BCUT2D eigenvalue weighted by Gasteiger charge is -2.21. The lowest BCUT2D eigenvalue weighted by molar-refractivity contribution is -0.131. The zero-order valence-corrected chi connectivity index (χ0v) is 16.6. The van der Waals surface area contributed by atoms with E-state index in [0.29, 0.717) is 46.1 Å². The second-order valence-electron chi connectivity index (χ2n) is 6.11. The molecule has 2 N–H and O–H groups in total. The van der Waals surface area contributed by atoms with Crippen LogP contribution in [-0.4, -0.2) is 50.1 Å². The van der Waals surface area contributed by atoms with Crippen molar-refractivity contribution in [2.45, 2.75) is 0 Å². The normalized spacial score (nSPS) is 12.2. The molecule has 148 valence electrons. The van der Waals surface area contributed by atoms with Crippen LogP contribution in [0.3, 0.4) is 0 Å². The highest BCUT2D eigenvalue weighted by atomic mass is 35.5. The lowest BCUT2D eigenvalue weighted by Crippen LogP contribution is -2.38. The summed E-state index contributed by atoms with van der Waals surface area (Å²) < 4.78 is 11.0. The molecule has 7 nitrogen and oxygen atoms in total. The standard InChI is InChI=1S/C19H19Cl2N3O4/c1-24(11-18(25)23-14-5-3-2-4-12(14)20)19(26)10-22-15-9-17-16(8-13(15)21)27-6-7-28-17/h2-5,8-9,22H,6-7,10-11H2,1H3,(H,23,25). The van der Waals surface area contributed by atoms with Crippen molar-refractivity contribution < 1.29 is 19.1 Å². The van der Waals surface area contributed by atoms with Gasteiger partial charge in [-0.2, -0.15) is 0 Å². The molecular formula is C19H19Cl2N3O4. The molecule has 1 heterocycles. The molecule has 9 heteroatoms. The van der Waals surface area contributed by atoms with Crippen LogP contribution in [0, 0.1) is 0 Å². The van der Waals surface area contributed by atoms with Gasteiger partial charge in [0.1, 0.15) is 13.2 Å². The predicted octanol–water partition coefficient (Wildman–Crippen LogP) is 3.27. The monoisotopic (exact) mass is 423 g/mol. The number of para-hydroxylation sites is 1. The SMILES string of the molecule is CN(CC(=O)Nc1ccccc1Cl)C(=O)CNc1cc2c(cc1Cl)OCCO2. The topological polar surface area (TPSA) is 79.9 Å². The number of rotatable bonds is 6. The molecule has 2 amide bonds. The summed E-state index contributed by atoms with van der Waals surface area (Å²) in [6.45, 7) is 0.780. The van der Waals surface area contributed by atoms with Gasteiger partial charge < -0.3 is 25.0 Å². The maximum atomic E-state index is 12.3. The predicted molar refractivity (Wildman–Crippen MR) is 109 cm³/mol. The number of carbonyl (C=O) groups is 2. The third-order valence-electron chi connectivity index (χ3n) is 4.02. The number of fused-ring (bicyclic) bond motifs is 1. The Morgan fingerprint density at radius 2 is 1.71 bits per heavy atom. The Kier molecular flexibility index (Phi) is 6.49. The van der Waals surface area contributed by atoms with Crippen LogP contribution in [0.15, 0.2) is 36.4 Å². The zero-order valence-electron chi connectivity index (χ0n) is 15.1. The van der Waals surface area contributed by atoms with Gasteiger partial charge in [0.2, 0.25) is 11.8 Å². The first-order valence-corrected chi connectivity index (χ1v) is 9.31. The average molecular weight is 424 g/mol. The molecule has 0 aromatic heterocycles. The number of nitrogens with one attached hydrogen (secondary N) is 2. The highest BCUT2D eigenvalue weighted by molar-refractivity contribution is 6.34. The molecule has 1 aliphatic rings. The van der Waals surface area contributed by atoms with Crippen LogP contribution in [0.1, 0.15) is 0 Å². The molecule has 0 fully saturated rings. The van der Waals surface area contributed by atoms with E-state index in [1.165, 1.54) is 4.90 Å². The van der Waals surface area contributed by atoms with Gasteiger partial charge in [-0.05, 0) is 12.1 Å². The Morgan fingerprint density at radius 1 is 1.04 bits per heavy atom. The van der Waals surface area contributed by atoms with Crippen LogP contribution in [0.4, 0.5) is 11.4 Å². The van der Waals surface area contributed by atoms with Crippen molar-refractivity contribution in [3.8, 4) is 11.5 Å². The summed E-state index contributed by atoms with van der Waals surface area (Å²) in [6, 6.07) is 10.2. The molecule has 28 heavy (non-hydrogen) atoms. The number of hydrogen-bond acceptors (Lipinski definition) is 5. The molecule has 0 saturated heterocycles. The first-order chi connectivity index (χ1) is 13.4. The molecule has 1 aliphatic heterocycles. The molecule has 3 rings (SSSR count). The quantitative estimate of drug-likeness (QED) is 0.744. The van der Waals surface area contributed by atoms with Crippen molar-refractivity contribution in [3.05, 3.63) is 46.4 Å². The van der Waals surface area contributed by atoms with Crippen molar-refractivity contribution in [3.63, 3.8) is 0 Å². The first-order valence-electron chi connectivity index (χ1n) is 8.55. The average Bonchev–Trinajstić information content (AvgIpc) is 2.67. The van der Waals surface area contributed by atoms with Crippen LogP contribution < -0.4 is 20.1 Å². The summed E-state index contributed by atoms with van der Waals surface area (Å²) in [4.78, 5) is 25.8. The number of likely N-dealkylation sites (N-methyl/N-ethyl adjacent to an activating group) is 1. The largest absolute Gasteiger partial charge is 0.486 e. The van der Waals surface area contributed by atoms with Crippen LogP contribution in [0.25, 0.3) is 0 Å². The summed E-state index contributed by atoms with van der Waals surface area (Å²) in [5.74, 6) is 0.515. The molecule has 0 aliphatic carbocycles. The fourth-order valence-corrected chi connectivity index (χ4v) is 2.96. The second-order valence-corrected chi connectivity index (χ2v) is 6.92. The number of amides is 2. The van der Waals surface area contributed by atoms with E-state index in [4.69, 9.17) is 32.7 Å². The number of carbonyl (C=O) groups excluding carboxylic acids is 2. The highest BCUT2D eigenvalue weighted by Crippen LogP contribution is 2.37. The van der Waals surface area contributed by atoms with Crippen LogP contribution in [-0.2, 0) is 9.59 Å². The van der Waals surface area contributed by atoms with Crippen LogP contribution >= 0.6 is 23.2 Å². The molecule has 0 radical (unpaired) electrons. The summed E-state index contributed by atoms with van der Waals surface area (Å²) >= 11 is 12.2. The maximum Gasteiger partial charge on any atom is 0.244 e. The van der Waals surface area contributed by atoms with E-state index in [1.54, 1.807) is 43.4 Å². The molecule has 0 atom stereocenters. The van der Waals surface area contributed by atoms with E-state index < -0.39 is 0 Å². The summed E-state index contributed by atoms with van der Waals surface area (Å²) in [7, 11) is 1.54. The Morgan fingerprint density at radius 3 is 2.43 bits per heavy atom. The molecule has 2 aromatic rings. The number of benzene rings is 2. The van der Waals surface area contributed by atoms with E-state index in [0.717, 1.165) is 0 Å². The number of anilines is 2. The van der Waals surface area contributed by atoms with Crippen molar-refractivity contribution in [2.75, 3.05) is 44.0 Å². The Hall–Kier alpha value is -2.64. The van der Waals surface area contributed by atoms with Gasteiger partial charge in [0, 0.05) is 19.2 Å². The van der Waals surface area contributed by atoms with Crippen molar-refractivity contribution in [1.29, 1.82) is 0 Å². The minimum Gasteiger partial charge on any atom is -0.486 e. The van der Waals surface area contributed by atoms with Crippen LogP contribution in [0.2, 0.25) is 10.0 Å². The van der Waals surface area contributed by atoms with E-state index in [2.05, 4.69) is 10.6 Å². The highest BCUT2D eigenvalue weighted by Gasteiger charge is 2.17. The van der Waals surface area contributed by atoms with E-state index in [1.807, 2.05) is 0 Å². The van der Waals surface area contributed by atoms with E-state index >= 15 is 0 Å². The third-order valence-corrected chi connectivity index (χ3v) is 4.66. The fraction of sp³-hybridized carbons (Fsp3) is 0.263. The molecule has 0 saturated carbocycles. The van der Waals surface area contributed by atoms with Gasteiger partial charge in [-0.25, -0.2) is 0 Å². The fourth-order valence-electron chi connectivity index (χ4n) is 2.56. The molecule has 2 aromatic carbocycles. The maximum absolute atomic E-state index is 12.3. The third kappa shape index (κ3) is 4.99. The zero-order chi connectivity index (χ0) is 20.1. The van der Waals surface area contributed by atoms with Crippen molar-refractivity contribution in [2.24, 2.45) is 0 Å². The molecule has 0 unspecified atom stereocenters. The van der Waals surface area contributed by atoms with Crippen LogP contribution in [0.5, 0.6) is 11.5 Å². The first kappa shape index (κ1) is 20.1. The smallest absolute Gasteiger partial charge is 0.244 e. The van der Waals surface area contributed by atoms with Gasteiger partial charge in [0.05, 0.1) is 34.5 Å². The Labute approximate surface area is 172 Å². The Balaban J connectivity index is 1.53.